The molecule has 0 fully saturated rings. The van der Waals surface area contributed by atoms with Gasteiger partial charge in [-0.2, -0.15) is 5.26 Å². The Balaban J connectivity index is 2.39. The number of aryl methyl sites for hydroxylation is 2. The lowest BCUT2D eigenvalue weighted by atomic mass is 10.1. The summed E-state index contributed by atoms with van der Waals surface area (Å²) in [4.78, 5) is 3.23. The molecule has 0 unspecified atom stereocenters. The van der Waals surface area contributed by atoms with Gasteiger partial charge in [-0.05, 0) is 56.2 Å². The third-order valence-corrected chi connectivity index (χ3v) is 2.92. The molecular weight excluding hydrogens is 224 g/mol. The van der Waals surface area contributed by atoms with Gasteiger partial charge < -0.3 is 9.72 Å². The van der Waals surface area contributed by atoms with Crippen LogP contribution >= 0.6 is 0 Å². The summed E-state index contributed by atoms with van der Waals surface area (Å²) in [6, 6.07) is 10.1. The van der Waals surface area contributed by atoms with Crippen molar-refractivity contribution in [3.63, 3.8) is 0 Å². The van der Waals surface area contributed by atoms with E-state index in [9.17, 15) is 0 Å². The standard InChI is InChI=1S/C15H16N2O/c1-4-18-15-6-5-12(7-10(15)2)14-8-13(9-16)11(3)17-14/h5-8,17H,4H2,1-3H3. The van der Waals surface area contributed by atoms with Gasteiger partial charge in [0, 0.05) is 11.4 Å². The smallest absolute Gasteiger partial charge is 0.122 e. The maximum atomic E-state index is 8.96. The molecule has 3 heteroatoms. The fraction of sp³-hybridized carbons (Fsp3) is 0.267. The van der Waals surface area contributed by atoms with Crippen molar-refractivity contribution in [3.05, 3.63) is 41.1 Å². The Hall–Kier alpha value is -2.21. The fourth-order valence-corrected chi connectivity index (χ4v) is 1.96. The predicted octanol–water partition coefficient (Wildman–Crippen LogP) is 3.57. The molecule has 1 aromatic heterocycles. The molecule has 0 saturated heterocycles. The highest BCUT2D eigenvalue weighted by atomic mass is 16.5. The van der Waals surface area contributed by atoms with E-state index in [0.29, 0.717) is 12.2 Å². The minimum Gasteiger partial charge on any atom is -0.494 e. The van der Waals surface area contributed by atoms with Gasteiger partial charge in [0.1, 0.15) is 11.8 Å². The number of benzene rings is 1. The first kappa shape index (κ1) is 12.3. The Morgan fingerprint density at radius 3 is 2.61 bits per heavy atom. The number of ether oxygens (including phenoxy) is 1. The molecule has 2 rings (SSSR count). The molecule has 3 nitrogen and oxygen atoms in total. The van der Waals surface area contributed by atoms with Crippen molar-refractivity contribution in [1.29, 1.82) is 5.26 Å². The van der Waals surface area contributed by atoms with Gasteiger partial charge in [-0.1, -0.05) is 0 Å². The van der Waals surface area contributed by atoms with Gasteiger partial charge >= 0.3 is 0 Å². The lowest BCUT2D eigenvalue weighted by Gasteiger charge is -2.08. The molecule has 1 heterocycles. The molecule has 0 aliphatic carbocycles. The van der Waals surface area contributed by atoms with Gasteiger partial charge in [0.2, 0.25) is 0 Å². The van der Waals surface area contributed by atoms with Crippen molar-refractivity contribution in [3.8, 4) is 23.1 Å². The van der Waals surface area contributed by atoms with Gasteiger partial charge in [0.25, 0.3) is 0 Å². The van der Waals surface area contributed by atoms with Crippen LogP contribution in [0.4, 0.5) is 0 Å². The fourth-order valence-electron chi connectivity index (χ4n) is 1.96. The number of nitriles is 1. The number of aromatic amines is 1. The van der Waals surface area contributed by atoms with Crippen LogP contribution in [0.1, 0.15) is 23.7 Å². The van der Waals surface area contributed by atoms with Gasteiger partial charge in [-0.3, -0.25) is 0 Å². The van der Waals surface area contributed by atoms with Crippen LogP contribution in [-0.2, 0) is 0 Å². The van der Waals surface area contributed by atoms with Crippen LogP contribution in [0.25, 0.3) is 11.3 Å². The van der Waals surface area contributed by atoms with E-state index in [0.717, 1.165) is 28.3 Å². The average Bonchev–Trinajstić information content (AvgIpc) is 2.73. The predicted molar refractivity (Wildman–Crippen MR) is 71.6 cm³/mol. The maximum absolute atomic E-state index is 8.96. The highest BCUT2D eigenvalue weighted by Crippen LogP contribution is 2.27. The zero-order chi connectivity index (χ0) is 13.1. The highest BCUT2D eigenvalue weighted by Gasteiger charge is 2.07. The number of nitrogens with one attached hydrogen (secondary N) is 1. The molecule has 2 aromatic rings. The van der Waals surface area contributed by atoms with Crippen LogP contribution in [0.3, 0.4) is 0 Å². The molecule has 18 heavy (non-hydrogen) atoms. The molecule has 0 aliphatic rings. The molecule has 0 saturated carbocycles. The van der Waals surface area contributed by atoms with Crippen molar-refractivity contribution in [2.24, 2.45) is 0 Å². The summed E-state index contributed by atoms with van der Waals surface area (Å²) >= 11 is 0. The molecule has 1 aromatic carbocycles. The summed E-state index contributed by atoms with van der Waals surface area (Å²) in [5.41, 5.74) is 4.73. The van der Waals surface area contributed by atoms with E-state index in [1.165, 1.54) is 0 Å². The lowest BCUT2D eigenvalue weighted by molar-refractivity contribution is 0.338. The minimum absolute atomic E-state index is 0.667. The van der Waals surface area contributed by atoms with E-state index in [1.807, 2.05) is 39.0 Å². The first-order chi connectivity index (χ1) is 8.65. The van der Waals surface area contributed by atoms with Crippen LogP contribution in [0, 0.1) is 25.2 Å². The minimum atomic E-state index is 0.667. The second-order valence-corrected chi connectivity index (χ2v) is 4.25. The van der Waals surface area contributed by atoms with Crippen LogP contribution in [0.5, 0.6) is 5.75 Å². The number of aromatic nitrogens is 1. The van der Waals surface area contributed by atoms with Crippen LogP contribution < -0.4 is 4.74 Å². The zero-order valence-corrected chi connectivity index (χ0v) is 10.9. The molecule has 1 N–H and O–H groups in total. The highest BCUT2D eigenvalue weighted by molar-refractivity contribution is 5.65. The van der Waals surface area contributed by atoms with E-state index in [-0.39, 0.29) is 0 Å². The van der Waals surface area contributed by atoms with Gasteiger partial charge in [0.15, 0.2) is 0 Å². The number of hydrogen-bond donors (Lipinski definition) is 1. The van der Waals surface area contributed by atoms with E-state index in [1.54, 1.807) is 0 Å². The summed E-state index contributed by atoms with van der Waals surface area (Å²) in [7, 11) is 0. The SMILES string of the molecule is CCOc1ccc(-c2cc(C#N)c(C)[nH]2)cc1C. The number of hydrogen-bond acceptors (Lipinski definition) is 2. The topological polar surface area (TPSA) is 48.8 Å². The Bertz CT molecular complexity index is 605. The molecule has 0 bridgehead atoms. The molecule has 0 atom stereocenters. The number of H-pyrrole nitrogens is 1. The Morgan fingerprint density at radius 2 is 2.06 bits per heavy atom. The molecule has 0 spiro atoms. The Kier molecular flexibility index (Phi) is 3.38. The summed E-state index contributed by atoms with van der Waals surface area (Å²) in [6.45, 7) is 6.57. The zero-order valence-electron chi connectivity index (χ0n) is 10.9. The van der Waals surface area contributed by atoms with E-state index in [4.69, 9.17) is 10.00 Å². The van der Waals surface area contributed by atoms with Gasteiger partial charge in [0.05, 0.1) is 12.2 Å². The molecule has 0 aliphatic heterocycles. The summed E-state index contributed by atoms with van der Waals surface area (Å²) in [5.74, 6) is 0.907. The summed E-state index contributed by atoms with van der Waals surface area (Å²) < 4.78 is 5.52. The van der Waals surface area contributed by atoms with Crippen LogP contribution in [0.15, 0.2) is 24.3 Å². The van der Waals surface area contributed by atoms with Crippen molar-refractivity contribution >= 4 is 0 Å². The third kappa shape index (κ3) is 2.23. The maximum Gasteiger partial charge on any atom is 0.122 e. The van der Waals surface area contributed by atoms with Crippen molar-refractivity contribution < 1.29 is 4.74 Å². The normalized spacial score (nSPS) is 10.1. The van der Waals surface area contributed by atoms with Crippen molar-refractivity contribution in [2.45, 2.75) is 20.8 Å². The monoisotopic (exact) mass is 240 g/mol. The summed E-state index contributed by atoms with van der Waals surface area (Å²) in [6.07, 6.45) is 0. The van der Waals surface area contributed by atoms with E-state index < -0.39 is 0 Å². The van der Waals surface area contributed by atoms with Gasteiger partial charge in [-0.15, -0.1) is 0 Å². The third-order valence-electron chi connectivity index (χ3n) is 2.92. The van der Waals surface area contributed by atoms with Gasteiger partial charge in [-0.25, -0.2) is 0 Å². The first-order valence-corrected chi connectivity index (χ1v) is 5.99. The largest absolute Gasteiger partial charge is 0.494 e. The molecular formula is C15H16N2O. The van der Waals surface area contributed by atoms with Crippen molar-refractivity contribution in [2.75, 3.05) is 6.61 Å². The lowest BCUT2D eigenvalue weighted by Crippen LogP contribution is -1.94. The number of rotatable bonds is 3. The quantitative estimate of drug-likeness (QED) is 0.891. The number of nitrogens with zero attached hydrogens (tertiary/aromatic N) is 1. The summed E-state index contributed by atoms with van der Waals surface area (Å²) in [5, 5.41) is 8.96. The average molecular weight is 240 g/mol. The van der Waals surface area contributed by atoms with Crippen LogP contribution in [-0.4, -0.2) is 11.6 Å². The van der Waals surface area contributed by atoms with Crippen molar-refractivity contribution in [1.82, 2.24) is 4.98 Å². The molecule has 0 amide bonds. The van der Waals surface area contributed by atoms with Crippen LogP contribution in [0.2, 0.25) is 0 Å². The first-order valence-electron chi connectivity index (χ1n) is 5.99. The Morgan fingerprint density at radius 1 is 1.28 bits per heavy atom. The second-order valence-electron chi connectivity index (χ2n) is 4.25. The van der Waals surface area contributed by atoms with E-state index >= 15 is 0 Å². The molecule has 0 radical (unpaired) electrons. The van der Waals surface area contributed by atoms with E-state index in [2.05, 4.69) is 17.1 Å². The molecule has 92 valence electrons. The second kappa shape index (κ2) is 4.97. The Labute approximate surface area is 107 Å².